The second-order valence-corrected chi connectivity index (χ2v) is 6.07. The van der Waals surface area contributed by atoms with Crippen molar-refractivity contribution in [2.45, 2.75) is 11.3 Å². The lowest BCUT2D eigenvalue weighted by molar-refractivity contribution is 0.360. The molecule has 18 heavy (non-hydrogen) atoms. The number of piperazine rings is 1. The van der Waals surface area contributed by atoms with Gasteiger partial charge in [0.15, 0.2) is 0 Å². The van der Waals surface area contributed by atoms with Crippen LogP contribution < -0.4 is 5.32 Å². The first-order chi connectivity index (χ1) is 8.64. The molecule has 0 atom stereocenters. The van der Waals surface area contributed by atoms with Crippen molar-refractivity contribution in [2.75, 3.05) is 26.2 Å². The number of rotatable bonds is 3. The van der Waals surface area contributed by atoms with Gasteiger partial charge in [0.05, 0.1) is 17.4 Å². The molecule has 0 radical (unpaired) electrons. The van der Waals surface area contributed by atoms with Gasteiger partial charge in [0, 0.05) is 26.2 Å². The van der Waals surface area contributed by atoms with E-state index in [1.54, 1.807) is 24.3 Å². The molecule has 5 nitrogen and oxygen atoms in total. The third-order valence-electron chi connectivity index (χ3n) is 2.92. The van der Waals surface area contributed by atoms with E-state index in [-0.39, 0.29) is 0 Å². The van der Waals surface area contributed by atoms with Crippen molar-refractivity contribution in [1.82, 2.24) is 9.62 Å². The fourth-order valence-corrected chi connectivity index (χ4v) is 3.35. The fourth-order valence-electron chi connectivity index (χ4n) is 1.90. The molecule has 0 amide bonds. The molecule has 2 rings (SSSR count). The highest BCUT2D eigenvalue weighted by Crippen LogP contribution is 2.17. The average molecular weight is 265 g/mol. The van der Waals surface area contributed by atoms with Crippen molar-refractivity contribution in [3.05, 3.63) is 29.8 Å². The Morgan fingerprint density at radius 3 is 2.39 bits per heavy atom. The highest BCUT2D eigenvalue weighted by Gasteiger charge is 2.25. The smallest absolute Gasteiger partial charge is 0.243 e. The Morgan fingerprint density at radius 2 is 1.83 bits per heavy atom. The number of nitrogens with zero attached hydrogens (tertiary/aromatic N) is 2. The Bertz CT molecular complexity index is 540. The lowest BCUT2D eigenvalue weighted by Crippen LogP contribution is -2.46. The van der Waals surface area contributed by atoms with Gasteiger partial charge >= 0.3 is 0 Å². The SMILES string of the molecule is N#CCc1ccc(S(=O)(=O)N2CCNCC2)cc1. The molecule has 1 aromatic rings. The number of nitrogens with one attached hydrogen (secondary N) is 1. The van der Waals surface area contributed by atoms with Gasteiger partial charge in [0.2, 0.25) is 10.0 Å². The van der Waals surface area contributed by atoms with Gasteiger partial charge in [0.25, 0.3) is 0 Å². The van der Waals surface area contributed by atoms with Crippen LogP contribution in [-0.2, 0) is 16.4 Å². The van der Waals surface area contributed by atoms with Crippen molar-refractivity contribution in [2.24, 2.45) is 0 Å². The van der Waals surface area contributed by atoms with Crippen molar-refractivity contribution >= 4 is 10.0 Å². The number of hydrogen-bond acceptors (Lipinski definition) is 4. The second-order valence-electron chi connectivity index (χ2n) is 4.13. The molecule has 0 aliphatic carbocycles. The van der Waals surface area contributed by atoms with Crippen LogP contribution in [0.1, 0.15) is 5.56 Å². The Hall–Kier alpha value is -1.42. The summed E-state index contributed by atoms with van der Waals surface area (Å²) in [7, 11) is -3.38. The Labute approximate surface area is 107 Å². The van der Waals surface area contributed by atoms with E-state index < -0.39 is 10.0 Å². The summed E-state index contributed by atoms with van der Waals surface area (Å²) >= 11 is 0. The van der Waals surface area contributed by atoms with E-state index in [1.165, 1.54) is 4.31 Å². The summed E-state index contributed by atoms with van der Waals surface area (Å²) in [5, 5.41) is 11.7. The largest absolute Gasteiger partial charge is 0.314 e. The zero-order chi connectivity index (χ0) is 13.0. The zero-order valence-corrected chi connectivity index (χ0v) is 10.8. The maximum Gasteiger partial charge on any atom is 0.243 e. The third-order valence-corrected chi connectivity index (χ3v) is 4.83. The van der Waals surface area contributed by atoms with Gasteiger partial charge < -0.3 is 5.32 Å². The molecule has 6 heteroatoms. The molecule has 1 heterocycles. The topological polar surface area (TPSA) is 73.2 Å². The van der Waals surface area contributed by atoms with Crippen LogP contribution in [0.25, 0.3) is 0 Å². The molecule has 0 spiro atoms. The van der Waals surface area contributed by atoms with Crippen LogP contribution in [0.4, 0.5) is 0 Å². The first-order valence-electron chi connectivity index (χ1n) is 5.81. The molecular formula is C12H15N3O2S. The third kappa shape index (κ3) is 2.70. The van der Waals surface area contributed by atoms with Gasteiger partial charge in [-0.15, -0.1) is 0 Å². The molecule has 96 valence electrons. The summed E-state index contributed by atoms with van der Waals surface area (Å²) in [5.41, 5.74) is 0.830. The van der Waals surface area contributed by atoms with E-state index >= 15 is 0 Å². The van der Waals surface area contributed by atoms with Crippen LogP contribution in [0.5, 0.6) is 0 Å². The summed E-state index contributed by atoms with van der Waals surface area (Å²) in [6, 6.07) is 8.57. The maximum absolute atomic E-state index is 12.3. The van der Waals surface area contributed by atoms with E-state index in [0.717, 1.165) is 5.56 Å². The monoisotopic (exact) mass is 265 g/mol. The van der Waals surface area contributed by atoms with Crippen molar-refractivity contribution in [3.63, 3.8) is 0 Å². The molecule has 0 aromatic heterocycles. The van der Waals surface area contributed by atoms with Crippen molar-refractivity contribution in [1.29, 1.82) is 5.26 Å². The Morgan fingerprint density at radius 1 is 1.22 bits per heavy atom. The van der Waals surface area contributed by atoms with Crippen LogP contribution >= 0.6 is 0 Å². The summed E-state index contributed by atoms with van der Waals surface area (Å²) in [4.78, 5) is 0.297. The minimum Gasteiger partial charge on any atom is -0.314 e. The quantitative estimate of drug-likeness (QED) is 0.855. The highest BCUT2D eigenvalue weighted by molar-refractivity contribution is 7.89. The number of nitriles is 1. The van der Waals surface area contributed by atoms with Crippen LogP contribution in [0, 0.1) is 11.3 Å². The molecule has 1 aliphatic rings. The minimum atomic E-state index is -3.38. The molecule has 0 saturated carbocycles. The van der Waals surface area contributed by atoms with Gasteiger partial charge in [-0.2, -0.15) is 9.57 Å². The number of sulfonamides is 1. The lowest BCUT2D eigenvalue weighted by Gasteiger charge is -2.26. The predicted molar refractivity (Wildman–Crippen MR) is 67.4 cm³/mol. The molecule has 1 saturated heterocycles. The highest BCUT2D eigenvalue weighted by atomic mass is 32.2. The normalized spacial score (nSPS) is 17.3. The van der Waals surface area contributed by atoms with Gasteiger partial charge in [-0.25, -0.2) is 8.42 Å². The summed E-state index contributed by atoms with van der Waals surface area (Å²) in [5.74, 6) is 0. The lowest BCUT2D eigenvalue weighted by atomic mass is 10.2. The number of hydrogen-bond donors (Lipinski definition) is 1. The van der Waals surface area contributed by atoms with Crippen molar-refractivity contribution in [3.8, 4) is 6.07 Å². The molecule has 0 bridgehead atoms. The van der Waals surface area contributed by atoms with Crippen LogP contribution in [0.3, 0.4) is 0 Å². The van der Waals surface area contributed by atoms with Crippen molar-refractivity contribution < 1.29 is 8.42 Å². The van der Waals surface area contributed by atoms with E-state index in [9.17, 15) is 8.42 Å². The van der Waals surface area contributed by atoms with Gasteiger partial charge in [0.1, 0.15) is 0 Å². The van der Waals surface area contributed by atoms with E-state index in [4.69, 9.17) is 5.26 Å². The van der Waals surface area contributed by atoms with Crippen LogP contribution in [-0.4, -0.2) is 38.9 Å². The summed E-state index contributed by atoms with van der Waals surface area (Å²) in [6.45, 7) is 2.38. The average Bonchev–Trinajstić information content (AvgIpc) is 2.41. The van der Waals surface area contributed by atoms with Crippen LogP contribution in [0.15, 0.2) is 29.2 Å². The molecular weight excluding hydrogens is 250 g/mol. The van der Waals surface area contributed by atoms with Crippen LogP contribution in [0.2, 0.25) is 0 Å². The molecule has 1 aliphatic heterocycles. The molecule has 0 unspecified atom stereocenters. The fraction of sp³-hybridized carbons (Fsp3) is 0.417. The Balaban J connectivity index is 2.21. The summed E-state index contributed by atoms with van der Waals surface area (Å²) in [6.07, 6.45) is 0.300. The van der Waals surface area contributed by atoms with Gasteiger partial charge in [-0.1, -0.05) is 12.1 Å². The zero-order valence-electron chi connectivity index (χ0n) is 9.96. The van der Waals surface area contributed by atoms with E-state index in [2.05, 4.69) is 5.32 Å². The summed E-state index contributed by atoms with van der Waals surface area (Å²) < 4.78 is 26.1. The molecule has 1 fully saturated rings. The predicted octanol–water partition coefficient (Wildman–Crippen LogP) is 0.347. The van der Waals surface area contributed by atoms with Gasteiger partial charge in [-0.05, 0) is 17.7 Å². The minimum absolute atomic E-state index is 0.297. The molecule has 1 N–H and O–H groups in total. The Kier molecular flexibility index (Phi) is 3.97. The standard InChI is InChI=1S/C12H15N3O2S/c13-6-5-11-1-3-12(4-2-11)18(16,17)15-9-7-14-8-10-15/h1-4,14H,5,7-10H2. The molecule has 1 aromatic carbocycles. The first-order valence-corrected chi connectivity index (χ1v) is 7.25. The van der Waals surface area contributed by atoms with Gasteiger partial charge in [-0.3, -0.25) is 0 Å². The second kappa shape index (κ2) is 5.48. The van der Waals surface area contributed by atoms with E-state index in [0.29, 0.717) is 37.5 Å². The first kappa shape index (κ1) is 13.0. The van der Waals surface area contributed by atoms with E-state index in [1.807, 2.05) is 6.07 Å². The maximum atomic E-state index is 12.3. The number of benzene rings is 1.